The van der Waals surface area contributed by atoms with E-state index in [2.05, 4.69) is 5.32 Å². The fourth-order valence-electron chi connectivity index (χ4n) is 2.70. The lowest BCUT2D eigenvalue weighted by atomic mass is 10.1. The Hall–Kier alpha value is -2.65. The maximum absolute atomic E-state index is 12.8. The number of carbonyl (C=O) groups is 1. The van der Waals surface area contributed by atoms with E-state index < -0.39 is 26.9 Å². The molecule has 2 aromatic rings. The molecular formula is C18H20ClN3O5S. The molecule has 8 nitrogen and oxygen atoms in total. The molecule has 0 spiro atoms. The van der Waals surface area contributed by atoms with Crippen molar-refractivity contribution in [2.75, 3.05) is 15.9 Å². The van der Waals surface area contributed by atoms with Gasteiger partial charge in [-0.3, -0.25) is 19.2 Å². The van der Waals surface area contributed by atoms with Gasteiger partial charge in [-0.2, -0.15) is 0 Å². The zero-order chi connectivity index (χ0) is 21.2. The number of nitrogens with zero attached hydrogens (tertiary/aromatic N) is 2. The summed E-state index contributed by atoms with van der Waals surface area (Å²) in [5.41, 5.74) is 1.69. The van der Waals surface area contributed by atoms with Crippen molar-refractivity contribution in [1.29, 1.82) is 0 Å². The highest BCUT2D eigenvalue weighted by molar-refractivity contribution is 7.92. The number of hydrogen-bond acceptors (Lipinski definition) is 5. The number of carbonyl (C=O) groups excluding carboxylic acids is 1. The Kier molecular flexibility index (Phi) is 6.30. The van der Waals surface area contributed by atoms with Crippen molar-refractivity contribution in [3.8, 4) is 0 Å². The molecule has 0 saturated carbocycles. The van der Waals surface area contributed by atoms with Crippen molar-refractivity contribution < 1.29 is 18.1 Å². The molecule has 0 aliphatic heterocycles. The van der Waals surface area contributed by atoms with Crippen molar-refractivity contribution in [2.45, 2.75) is 26.8 Å². The number of hydrogen-bond donors (Lipinski definition) is 1. The van der Waals surface area contributed by atoms with Crippen LogP contribution in [0.15, 0.2) is 36.4 Å². The van der Waals surface area contributed by atoms with Crippen LogP contribution < -0.4 is 9.62 Å². The Bertz CT molecular complexity index is 1040. The fraction of sp³-hybridized carbons (Fsp3) is 0.278. The number of halogens is 1. The second kappa shape index (κ2) is 8.15. The van der Waals surface area contributed by atoms with Gasteiger partial charge in [0.2, 0.25) is 15.9 Å². The number of amides is 1. The van der Waals surface area contributed by atoms with E-state index in [1.54, 1.807) is 19.1 Å². The second-order valence-corrected chi connectivity index (χ2v) is 8.70. The third-order valence-corrected chi connectivity index (χ3v) is 5.67. The topological polar surface area (TPSA) is 110 Å². The van der Waals surface area contributed by atoms with Gasteiger partial charge in [-0.15, -0.1) is 0 Å². The lowest BCUT2D eigenvalue weighted by molar-refractivity contribution is -0.384. The minimum Gasteiger partial charge on any atom is -0.323 e. The van der Waals surface area contributed by atoms with Crippen molar-refractivity contribution >= 4 is 44.6 Å². The van der Waals surface area contributed by atoms with Crippen molar-refractivity contribution in [3.63, 3.8) is 0 Å². The summed E-state index contributed by atoms with van der Waals surface area (Å²) in [6, 6.07) is 7.79. The van der Waals surface area contributed by atoms with Gasteiger partial charge in [-0.05, 0) is 44.0 Å². The normalized spacial score (nSPS) is 12.3. The molecule has 1 amide bonds. The summed E-state index contributed by atoms with van der Waals surface area (Å²) in [5, 5.41) is 13.5. The molecule has 0 bridgehead atoms. The van der Waals surface area contributed by atoms with Gasteiger partial charge in [0.1, 0.15) is 6.04 Å². The van der Waals surface area contributed by atoms with E-state index in [0.29, 0.717) is 11.3 Å². The molecule has 0 aromatic heterocycles. The number of sulfonamides is 1. The quantitative estimate of drug-likeness (QED) is 0.561. The molecule has 2 rings (SSSR count). The second-order valence-electron chi connectivity index (χ2n) is 6.44. The third-order valence-electron chi connectivity index (χ3n) is 4.11. The first-order chi connectivity index (χ1) is 12.9. The highest BCUT2D eigenvalue weighted by Gasteiger charge is 2.30. The number of nitrogens with one attached hydrogen (secondary N) is 1. The maximum atomic E-state index is 12.8. The number of anilines is 2. The van der Waals surface area contributed by atoms with Gasteiger partial charge in [-0.1, -0.05) is 23.7 Å². The van der Waals surface area contributed by atoms with Gasteiger partial charge in [0, 0.05) is 12.1 Å². The van der Waals surface area contributed by atoms with Crippen LogP contribution in [-0.2, 0) is 14.8 Å². The van der Waals surface area contributed by atoms with Crippen LogP contribution in [0, 0.1) is 24.0 Å². The van der Waals surface area contributed by atoms with Crippen molar-refractivity contribution in [3.05, 3.63) is 62.7 Å². The van der Waals surface area contributed by atoms with Gasteiger partial charge in [0.25, 0.3) is 5.69 Å². The molecule has 0 aliphatic carbocycles. The SMILES string of the molecule is Cc1ccc(C)c(N([C@@H](C)C(=O)Nc2cc([N+](=O)[O-])ccc2Cl)S(C)(=O)=O)c1. The number of rotatable bonds is 6. The van der Waals surface area contributed by atoms with Crippen LogP contribution in [-0.4, -0.2) is 31.5 Å². The summed E-state index contributed by atoms with van der Waals surface area (Å²) < 4.78 is 25.9. The van der Waals surface area contributed by atoms with Crippen LogP contribution in [0.4, 0.5) is 17.1 Å². The van der Waals surface area contributed by atoms with Crippen molar-refractivity contribution in [1.82, 2.24) is 0 Å². The predicted octanol–water partition coefficient (Wildman–Crippen LogP) is 3.66. The number of nitro groups is 1. The van der Waals surface area contributed by atoms with Crippen LogP contribution in [0.25, 0.3) is 0 Å². The Morgan fingerprint density at radius 2 is 1.86 bits per heavy atom. The minimum atomic E-state index is -3.79. The number of non-ortho nitro benzene ring substituents is 1. The average molecular weight is 426 g/mol. The first-order valence-electron chi connectivity index (χ1n) is 8.23. The summed E-state index contributed by atoms with van der Waals surface area (Å²) in [6.07, 6.45) is 1.01. The highest BCUT2D eigenvalue weighted by atomic mass is 35.5. The first kappa shape index (κ1) is 21.6. The molecule has 2 aromatic carbocycles. The van der Waals surface area contributed by atoms with Crippen LogP contribution >= 0.6 is 11.6 Å². The van der Waals surface area contributed by atoms with Gasteiger partial charge in [-0.25, -0.2) is 8.42 Å². The zero-order valence-electron chi connectivity index (χ0n) is 15.8. The maximum Gasteiger partial charge on any atom is 0.271 e. The molecule has 10 heteroatoms. The van der Waals surface area contributed by atoms with E-state index in [1.165, 1.54) is 19.1 Å². The van der Waals surface area contributed by atoms with E-state index >= 15 is 0 Å². The van der Waals surface area contributed by atoms with E-state index in [4.69, 9.17) is 11.6 Å². The Labute approximate surface area is 168 Å². The molecule has 28 heavy (non-hydrogen) atoms. The number of aryl methyl sites for hydroxylation is 2. The van der Waals surface area contributed by atoms with E-state index in [0.717, 1.165) is 22.2 Å². The van der Waals surface area contributed by atoms with E-state index in [1.807, 2.05) is 13.0 Å². The van der Waals surface area contributed by atoms with E-state index in [-0.39, 0.29) is 16.4 Å². The summed E-state index contributed by atoms with van der Waals surface area (Å²) >= 11 is 6.01. The Balaban J connectivity index is 2.42. The predicted molar refractivity (Wildman–Crippen MR) is 109 cm³/mol. The minimum absolute atomic E-state index is 0.0298. The molecular weight excluding hydrogens is 406 g/mol. The number of nitro benzene ring substituents is 1. The first-order valence-corrected chi connectivity index (χ1v) is 10.5. The average Bonchev–Trinajstić information content (AvgIpc) is 2.58. The summed E-state index contributed by atoms with van der Waals surface area (Å²) in [5.74, 6) is -0.672. The molecule has 0 radical (unpaired) electrons. The van der Waals surface area contributed by atoms with Crippen LogP contribution in [0.2, 0.25) is 5.02 Å². The van der Waals surface area contributed by atoms with Crippen LogP contribution in [0.3, 0.4) is 0 Å². The number of benzene rings is 2. The molecule has 1 atom stereocenters. The molecule has 0 saturated heterocycles. The third kappa shape index (κ3) is 4.79. The van der Waals surface area contributed by atoms with Crippen LogP contribution in [0.5, 0.6) is 0 Å². The zero-order valence-corrected chi connectivity index (χ0v) is 17.3. The van der Waals surface area contributed by atoms with Gasteiger partial charge in [0.05, 0.1) is 27.6 Å². The molecule has 0 unspecified atom stereocenters. The monoisotopic (exact) mass is 425 g/mol. The molecule has 1 N–H and O–H groups in total. The largest absolute Gasteiger partial charge is 0.323 e. The highest BCUT2D eigenvalue weighted by Crippen LogP contribution is 2.29. The van der Waals surface area contributed by atoms with Crippen molar-refractivity contribution in [2.24, 2.45) is 0 Å². The summed E-state index contributed by atoms with van der Waals surface area (Å²) in [4.78, 5) is 23.1. The fourth-order valence-corrected chi connectivity index (χ4v) is 4.09. The molecule has 0 heterocycles. The molecule has 0 fully saturated rings. The molecule has 150 valence electrons. The summed E-state index contributed by atoms with van der Waals surface area (Å²) in [7, 11) is -3.79. The smallest absolute Gasteiger partial charge is 0.271 e. The molecule has 0 aliphatic rings. The Morgan fingerprint density at radius 1 is 1.21 bits per heavy atom. The lowest BCUT2D eigenvalue weighted by Gasteiger charge is -2.29. The van der Waals surface area contributed by atoms with Gasteiger partial charge >= 0.3 is 0 Å². The van der Waals surface area contributed by atoms with Gasteiger partial charge < -0.3 is 5.32 Å². The van der Waals surface area contributed by atoms with E-state index in [9.17, 15) is 23.3 Å². The van der Waals surface area contributed by atoms with Crippen LogP contribution in [0.1, 0.15) is 18.1 Å². The lowest BCUT2D eigenvalue weighted by Crippen LogP contribution is -2.45. The standard InChI is InChI=1S/C18H20ClN3O5S/c1-11-5-6-12(2)17(9-11)21(28(4,26)27)13(3)18(23)20-16-10-14(22(24)25)7-8-15(16)19/h5-10,13H,1-4H3,(H,20,23)/t13-/m0/s1. The summed E-state index contributed by atoms with van der Waals surface area (Å²) in [6.45, 7) is 5.00. The Morgan fingerprint density at radius 3 is 2.43 bits per heavy atom. The van der Waals surface area contributed by atoms with Gasteiger partial charge in [0.15, 0.2) is 0 Å².